The molecular weight excluding hydrogens is 168 g/mol. The molecule has 0 heterocycles. The van der Waals surface area contributed by atoms with Gasteiger partial charge in [-0.15, -0.1) is 0 Å². The first-order valence-corrected chi connectivity index (χ1v) is 4.98. The second kappa shape index (κ2) is 9.92. The highest BCUT2D eigenvalue weighted by Crippen LogP contribution is 2.01. The Balaban J connectivity index is 3.28. The van der Waals surface area contributed by atoms with Crippen LogP contribution in [0.4, 0.5) is 0 Å². The molecule has 0 aliphatic rings. The molecule has 0 aromatic rings. The number of hydrogen-bond donors (Lipinski definition) is 2. The molecule has 0 atom stereocenters. The van der Waals surface area contributed by atoms with Gasteiger partial charge >= 0.3 is 0 Å². The van der Waals surface area contributed by atoms with Crippen molar-refractivity contribution in [1.29, 1.82) is 0 Å². The SMILES string of the molecule is CCC(OCCCN)OCCCN. The zero-order valence-electron chi connectivity index (χ0n) is 8.50. The maximum atomic E-state index is 5.44. The van der Waals surface area contributed by atoms with E-state index < -0.39 is 0 Å². The predicted octanol–water partition coefficient (Wildman–Crippen LogP) is 0.453. The van der Waals surface area contributed by atoms with E-state index >= 15 is 0 Å². The summed E-state index contributed by atoms with van der Waals surface area (Å²) in [6.07, 6.45) is 2.56. The van der Waals surface area contributed by atoms with Crippen LogP contribution in [0.2, 0.25) is 0 Å². The third-order valence-electron chi connectivity index (χ3n) is 1.64. The molecule has 80 valence electrons. The van der Waals surface area contributed by atoms with Crippen molar-refractivity contribution in [3.8, 4) is 0 Å². The lowest BCUT2D eigenvalue weighted by molar-refractivity contribution is -0.143. The lowest BCUT2D eigenvalue weighted by Crippen LogP contribution is -2.19. The monoisotopic (exact) mass is 190 g/mol. The van der Waals surface area contributed by atoms with Crippen molar-refractivity contribution < 1.29 is 9.47 Å². The fraction of sp³-hybridized carbons (Fsp3) is 1.00. The molecule has 0 aromatic carbocycles. The molecule has 0 amide bonds. The second-order valence-corrected chi connectivity index (χ2v) is 2.86. The van der Waals surface area contributed by atoms with Crippen LogP contribution >= 0.6 is 0 Å². The molecule has 0 saturated heterocycles. The van der Waals surface area contributed by atoms with E-state index in [1.54, 1.807) is 0 Å². The molecule has 0 radical (unpaired) electrons. The van der Waals surface area contributed by atoms with E-state index in [0.717, 1.165) is 19.3 Å². The largest absolute Gasteiger partial charge is 0.353 e. The first-order chi connectivity index (χ1) is 6.35. The molecule has 0 unspecified atom stereocenters. The van der Waals surface area contributed by atoms with Crippen LogP contribution in [0, 0.1) is 0 Å². The van der Waals surface area contributed by atoms with Gasteiger partial charge in [-0.05, 0) is 32.4 Å². The van der Waals surface area contributed by atoms with Crippen LogP contribution in [-0.2, 0) is 9.47 Å². The molecule has 0 bridgehead atoms. The van der Waals surface area contributed by atoms with Crippen molar-refractivity contribution in [2.75, 3.05) is 26.3 Å². The van der Waals surface area contributed by atoms with Crippen molar-refractivity contribution in [3.05, 3.63) is 0 Å². The molecule has 0 aliphatic carbocycles. The van der Waals surface area contributed by atoms with Crippen LogP contribution in [0.3, 0.4) is 0 Å². The molecule has 0 aliphatic heterocycles. The van der Waals surface area contributed by atoms with Gasteiger partial charge in [0.15, 0.2) is 6.29 Å². The predicted molar refractivity (Wildman–Crippen MR) is 53.3 cm³/mol. The topological polar surface area (TPSA) is 70.5 Å². The van der Waals surface area contributed by atoms with Crippen LogP contribution in [0.5, 0.6) is 0 Å². The zero-order chi connectivity index (χ0) is 9.94. The Labute approximate surface area is 80.6 Å². The van der Waals surface area contributed by atoms with Crippen LogP contribution in [0.25, 0.3) is 0 Å². The fourth-order valence-corrected chi connectivity index (χ4v) is 0.880. The van der Waals surface area contributed by atoms with Gasteiger partial charge < -0.3 is 20.9 Å². The Morgan fingerprint density at radius 3 is 1.77 bits per heavy atom. The molecule has 0 fully saturated rings. The third kappa shape index (κ3) is 8.18. The number of rotatable bonds is 9. The van der Waals surface area contributed by atoms with E-state index in [0.29, 0.717) is 26.3 Å². The summed E-state index contributed by atoms with van der Waals surface area (Å²) < 4.78 is 10.9. The van der Waals surface area contributed by atoms with Gasteiger partial charge in [0, 0.05) is 0 Å². The Morgan fingerprint density at radius 1 is 1.00 bits per heavy atom. The molecule has 4 N–H and O–H groups in total. The highest BCUT2D eigenvalue weighted by molar-refractivity contribution is 4.44. The van der Waals surface area contributed by atoms with Gasteiger partial charge in [0.25, 0.3) is 0 Å². The van der Waals surface area contributed by atoms with Crippen molar-refractivity contribution in [3.63, 3.8) is 0 Å². The first-order valence-electron chi connectivity index (χ1n) is 4.98. The Hall–Kier alpha value is -0.160. The number of hydrogen-bond acceptors (Lipinski definition) is 4. The maximum absolute atomic E-state index is 5.44. The van der Waals surface area contributed by atoms with Crippen molar-refractivity contribution >= 4 is 0 Å². The highest BCUT2D eigenvalue weighted by Gasteiger charge is 2.04. The minimum atomic E-state index is -0.0851. The van der Waals surface area contributed by atoms with E-state index in [1.165, 1.54) is 0 Å². The van der Waals surface area contributed by atoms with E-state index in [9.17, 15) is 0 Å². The molecular formula is C9H22N2O2. The first kappa shape index (κ1) is 12.8. The van der Waals surface area contributed by atoms with Gasteiger partial charge in [-0.3, -0.25) is 0 Å². The molecule has 4 nitrogen and oxygen atoms in total. The van der Waals surface area contributed by atoms with Crippen molar-refractivity contribution in [1.82, 2.24) is 0 Å². The minimum absolute atomic E-state index is 0.0851. The number of ether oxygens (including phenoxy) is 2. The van der Waals surface area contributed by atoms with Crippen LogP contribution < -0.4 is 11.5 Å². The second-order valence-electron chi connectivity index (χ2n) is 2.86. The van der Waals surface area contributed by atoms with Gasteiger partial charge in [0.05, 0.1) is 13.2 Å². The summed E-state index contributed by atoms with van der Waals surface area (Å²) in [5.41, 5.74) is 10.7. The Bertz CT molecular complexity index is 91.6. The normalized spacial score (nSPS) is 11.1. The molecule has 0 saturated carbocycles. The average Bonchev–Trinajstić information content (AvgIpc) is 2.16. The summed E-state index contributed by atoms with van der Waals surface area (Å²) >= 11 is 0. The Kier molecular flexibility index (Phi) is 9.80. The zero-order valence-corrected chi connectivity index (χ0v) is 8.50. The summed E-state index contributed by atoms with van der Waals surface area (Å²) in [5, 5.41) is 0. The quantitative estimate of drug-likeness (QED) is 0.409. The van der Waals surface area contributed by atoms with E-state index in [4.69, 9.17) is 20.9 Å². The maximum Gasteiger partial charge on any atom is 0.157 e. The summed E-state index contributed by atoms with van der Waals surface area (Å²) in [5.74, 6) is 0. The number of nitrogens with two attached hydrogens (primary N) is 2. The van der Waals surface area contributed by atoms with E-state index in [2.05, 4.69) is 0 Å². The average molecular weight is 190 g/mol. The standard InChI is InChI=1S/C9H22N2O2/c1-2-9(12-7-3-5-10)13-8-4-6-11/h9H,2-8,10-11H2,1H3. The molecule has 13 heavy (non-hydrogen) atoms. The van der Waals surface area contributed by atoms with Gasteiger partial charge in [-0.1, -0.05) is 6.92 Å². The Morgan fingerprint density at radius 2 is 1.46 bits per heavy atom. The lowest BCUT2D eigenvalue weighted by atomic mass is 10.4. The van der Waals surface area contributed by atoms with E-state index in [1.807, 2.05) is 6.92 Å². The summed E-state index contributed by atoms with van der Waals surface area (Å²) in [7, 11) is 0. The van der Waals surface area contributed by atoms with Gasteiger partial charge in [0.2, 0.25) is 0 Å². The van der Waals surface area contributed by atoms with Crippen LogP contribution in [-0.4, -0.2) is 32.6 Å². The summed E-state index contributed by atoms with van der Waals surface area (Å²) in [6.45, 7) is 4.73. The molecule has 0 rings (SSSR count). The highest BCUT2D eigenvalue weighted by atomic mass is 16.7. The van der Waals surface area contributed by atoms with Gasteiger partial charge in [-0.2, -0.15) is 0 Å². The van der Waals surface area contributed by atoms with Gasteiger partial charge in [0.1, 0.15) is 0 Å². The molecule has 4 heteroatoms. The van der Waals surface area contributed by atoms with Crippen molar-refractivity contribution in [2.24, 2.45) is 11.5 Å². The van der Waals surface area contributed by atoms with Gasteiger partial charge in [-0.25, -0.2) is 0 Å². The summed E-state index contributed by atoms with van der Waals surface area (Å²) in [4.78, 5) is 0. The van der Waals surface area contributed by atoms with E-state index in [-0.39, 0.29) is 6.29 Å². The fourth-order valence-electron chi connectivity index (χ4n) is 0.880. The molecule has 0 spiro atoms. The summed E-state index contributed by atoms with van der Waals surface area (Å²) in [6, 6.07) is 0. The van der Waals surface area contributed by atoms with Crippen molar-refractivity contribution in [2.45, 2.75) is 32.5 Å². The minimum Gasteiger partial charge on any atom is -0.353 e. The third-order valence-corrected chi connectivity index (χ3v) is 1.64. The molecule has 0 aromatic heterocycles. The van der Waals surface area contributed by atoms with Crippen LogP contribution in [0.15, 0.2) is 0 Å². The smallest absolute Gasteiger partial charge is 0.157 e. The van der Waals surface area contributed by atoms with Crippen LogP contribution in [0.1, 0.15) is 26.2 Å². The lowest BCUT2D eigenvalue weighted by Gasteiger charge is -2.16.